The molecular weight excluding hydrogens is 349 g/mol. The van der Waals surface area contributed by atoms with Gasteiger partial charge in [0.25, 0.3) is 0 Å². The van der Waals surface area contributed by atoms with E-state index in [1.54, 1.807) is 12.5 Å². The molecule has 2 rings (SSSR count). The molecule has 0 aliphatic carbocycles. The van der Waals surface area contributed by atoms with E-state index in [-0.39, 0.29) is 6.04 Å². The summed E-state index contributed by atoms with van der Waals surface area (Å²) in [5, 5.41) is 0.708. The van der Waals surface area contributed by atoms with Gasteiger partial charge in [0.05, 0.1) is 28.9 Å². The third kappa shape index (κ3) is 2.64. The molecule has 0 saturated carbocycles. The lowest BCUT2D eigenvalue weighted by Crippen LogP contribution is -2.13. The molecule has 0 amide bonds. The number of benzene rings is 1. The molecule has 0 bridgehead atoms. The van der Waals surface area contributed by atoms with Gasteiger partial charge < -0.3 is 10.3 Å². The monoisotopic (exact) mass is 361 g/mol. The number of hydrogen-bond acceptors (Lipinski definition) is 2. The van der Waals surface area contributed by atoms with Crippen LogP contribution < -0.4 is 5.73 Å². The van der Waals surface area contributed by atoms with E-state index in [1.165, 1.54) is 0 Å². The van der Waals surface area contributed by atoms with Crippen LogP contribution in [-0.4, -0.2) is 9.55 Å². The molecular formula is C12H13ClIN3. The second-order valence-electron chi connectivity index (χ2n) is 3.80. The van der Waals surface area contributed by atoms with Gasteiger partial charge in [-0.05, 0) is 47.2 Å². The molecule has 1 aromatic heterocycles. The first-order valence-corrected chi connectivity index (χ1v) is 6.82. The number of nitrogens with two attached hydrogens (primary N) is 1. The van der Waals surface area contributed by atoms with Crippen LogP contribution in [-0.2, 0) is 0 Å². The topological polar surface area (TPSA) is 43.8 Å². The lowest BCUT2D eigenvalue weighted by molar-refractivity contribution is 0.660. The predicted molar refractivity (Wildman–Crippen MR) is 78.5 cm³/mol. The zero-order valence-electron chi connectivity index (χ0n) is 9.40. The van der Waals surface area contributed by atoms with Gasteiger partial charge in [-0.2, -0.15) is 0 Å². The number of hydrogen-bond donors (Lipinski definition) is 1. The Kier molecular flexibility index (Phi) is 4.06. The highest BCUT2D eigenvalue weighted by Gasteiger charge is 2.12. The SMILES string of the molecule is CC[C@@H](N)c1cncn1-c1ccc(I)cc1Cl. The van der Waals surface area contributed by atoms with Crippen molar-refractivity contribution in [2.24, 2.45) is 5.73 Å². The summed E-state index contributed by atoms with van der Waals surface area (Å²) in [5.41, 5.74) is 7.95. The van der Waals surface area contributed by atoms with Crippen LogP contribution in [0, 0.1) is 3.57 Å². The molecule has 0 aliphatic rings. The van der Waals surface area contributed by atoms with E-state index in [9.17, 15) is 0 Å². The highest BCUT2D eigenvalue weighted by atomic mass is 127. The lowest BCUT2D eigenvalue weighted by atomic mass is 10.2. The molecule has 2 aromatic rings. The average Bonchev–Trinajstić information content (AvgIpc) is 2.77. The number of halogens is 2. The van der Waals surface area contributed by atoms with Crippen LogP contribution in [0.4, 0.5) is 0 Å². The summed E-state index contributed by atoms with van der Waals surface area (Å²) in [5.74, 6) is 0. The standard InChI is InChI=1S/C12H13ClIN3/c1-2-10(15)12-6-16-7-17(12)11-4-3-8(14)5-9(11)13/h3-7,10H,2,15H2,1H3/t10-/m1/s1. The van der Waals surface area contributed by atoms with Crippen molar-refractivity contribution in [3.05, 3.63) is 45.0 Å². The average molecular weight is 362 g/mol. The zero-order valence-corrected chi connectivity index (χ0v) is 12.3. The van der Waals surface area contributed by atoms with Crippen LogP contribution in [0.25, 0.3) is 5.69 Å². The van der Waals surface area contributed by atoms with Crippen molar-refractivity contribution in [2.45, 2.75) is 19.4 Å². The first-order valence-electron chi connectivity index (χ1n) is 5.36. The molecule has 3 nitrogen and oxygen atoms in total. The van der Waals surface area contributed by atoms with Crippen molar-refractivity contribution in [1.82, 2.24) is 9.55 Å². The summed E-state index contributed by atoms with van der Waals surface area (Å²) in [7, 11) is 0. The number of rotatable bonds is 3. The van der Waals surface area contributed by atoms with Gasteiger partial charge in [-0.3, -0.25) is 0 Å². The van der Waals surface area contributed by atoms with E-state index in [4.69, 9.17) is 17.3 Å². The van der Waals surface area contributed by atoms with E-state index in [2.05, 4.69) is 34.5 Å². The van der Waals surface area contributed by atoms with Crippen LogP contribution >= 0.6 is 34.2 Å². The quantitative estimate of drug-likeness (QED) is 0.850. The number of aromatic nitrogens is 2. The van der Waals surface area contributed by atoms with E-state index in [0.717, 1.165) is 21.4 Å². The Morgan fingerprint density at radius 2 is 2.29 bits per heavy atom. The summed E-state index contributed by atoms with van der Waals surface area (Å²) < 4.78 is 3.06. The van der Waals surface area contributed by atoms with E-state index in [0.29, 0.717) is 5.02 Å². The molecule has 0 radical (unpaired) electrons. The molecule has 0 aliphatic heterocycles. The van der Waals surface area contributed by atoms with Crippen LogP contribution in [0.15, 0.2) is 30.7 Å². The molecule has 0 unspecified atom stereocenters. The van der Waals surface area contributed by atoms with Crippen molar-refractivity contribution in [2.75, 3.05) is 0 Å². The summed E-state index contributed by atoms with van der Waals surface area (Å²) in [6.07, 6.45) is 4.41. The van der Waals surface area contributed by atoms with Crippen molar-refractivity contribution in [1.29, 1.82) is 0 Å². The predicted octanol–water partition coefficient (Wildman–Crippen LogP) is 3.54. The normalized spacial score (nSPS) is 12.7. The zero-order chi connectivity index (χ0) is 12.4. The van der Waals surface area contributed by atoms with E-state index >= 15 is 0 Å². The summed E-state index contributed by atoms with van der Waals surface area (Å²) in [6, 6.07) is 5.91. The lowest BCUT2D eigenvalue weighted by Gasteiger charge is -2.14. The minimum atomic E-state index is -0.0205. The molecule has 90 valence electrons. The van der Waals surface area contributed by atoms with Crippen LogP contribution in [0.2, 0.25) is 5.02 Å². The molecule has 17 heavy (non-hydrogen) atoms. The van der Waals surface area contributed by atoms with Crippen LogP contribution in [0.5, 0.6) is 0 Å². The highest BCUT2D eigenvalue weighted by molar-refractivity contribution is 14.1. The number of imidazole rings is 1. The Labute approximate surface area is 119 Å². The van der Waals surface area contributed by atoms with Crippen molar-refractivity contribution in [3.8, 4) is 5.69 Å². The Morgan fingerprint density at radius 3 is 2.94 bits per heavy atom. The summed E-state index contributed by atoms with van der Waals surface area (Å²) in [4.78, 5) is 4.15. The minimum absolute atomic E-state index is 0.0205. The van der Waals surface area contributed by atoms with E-state index < -0.39 is 0 Å². The second-order valence-corrected chi connectivity index (χ2v) is 5.45. The summed E-state index contributed by atoms with van der Waals surface area (Å²) in [6.45, 7) is 2.05. The van der Waals surface area contributed by atoms with E-state index in [1.807, 2.05) is 22.8 Å². The maximum absolute atomic E-state index is 6.25. The third-order valence-electron chi connectivity index (χ3n) is 2.66. The van der Waals surface area contributed by atoms with Gasteiger partial charge in [0.1, 0.15) is 0 Å². The highest BCUT2D eigenvalue weighted by Crippen LogP contribution is 2.26. The largest absolute Gasteiger partial charge is 0.323 e. The van der Waals surface area contributed by atoms with Crippen molar-refractivity contribution < 1.29 is 0 Å². The van der Waals surface area contributed by atoms with Gasteiger partial charge in [0.2, 0.25) is 0 Å². The van der Waals surface area contributed by atoms with Gasteiger partial charge in [-0.25, -0.2) is 4.98 Å². The fraction of sp³-hybridized carbons (Fsp3) is 0.250. The van der Waals surface area contributed by atoms with Gasteiger partial charge in [-0.1, -0.05) is 18.5 Å². The fourth-order valence-corrected chi connectivity index (χ4v) is 2.61. The Morgan fingerprint density at radius 1 is 1.53 bits per heavy atom. The minimum Gasteiger partial charge on any atom is -0.323 e. The van der Waals surface area contributed by atoms with Gasteiger partial charge in [0, 0.05) is 9.61 Å². The molecule has 0 saturated heterocycles. The maximum atomic E-state index is 6.25. The molecule has 2 N–H and O–H groups in total. The summed E-state index contributed by atoms with van der Waals surface area (Å²) >= 11 is 8.48. The molecule has 1 heterocycles. The first kappa shape index (κ1) is 12.9. The maximum Gasteiger partial charge on any atom is 0.0995 e. The third-order valence-corrected chi connectivity index (χ3v) is 3.63. The molecule has 1 aromatic carbocycles. The molecule has 0 fully saturated rings. The first-order chi connectivity index (χ1) is 8.13. The van der Waals surface area contributed by atoms with Crippen molar-refractivity contribution >= 4 is 34.2 Å². The smallest absolute Gasteiger partial charge is 0.0995 e. The molecule has 5 heteroatoms. The van der Waals surface area contributed by atoms with Gasteiger partial charge in [-0.15, -0.1) is 0 Å². The van der Waals surface area contributed by atoms with Gasteiger partial charge in [0.15, 0.2) is 0 Å². The molecule has 1 atom stereocenters. The Balaban J connectivity index is 2.50. The van der Waals surface area contributed by atoms with Crippen LogP contribution in [0.3, 0.4) is 0 Å². The fourth-order valence-electron chi connectivity index (χ4n) is 1.67. The second kappa shape index (κ2) is 5.37. The molecule has 0 spiro atoms. The van der Waals surface area contributed by atoms with Gasteiger partial charge >= 0.3 is 0 Å². The Bertz CT molecular complexity index is 524. The van der Waals surface area contributed by atoms with Crippen molar-refractivity contribution in [3.63, 3.8) is 0 Å². The van der Waals surface area contributed by atoms with Crippen LogP contribution in [0.1, 0.15) is 25.1 Å². The number of nitrogens with zero attached hydrogens (tertiary/aromatic N) is 2. The Hall–Kier alpha value is -0.590.